The Morgan fingerprint density at radius 1 is 1.26 bits per heavy atom. The highest BCUT2D eigenvalue weighted by molar-refractivity contribution is 5.28. The number of aliphatic hydroxyl groups excluding tert-OH is 1. The third-order valence-corrected chi connectivity index (χ3v) is 3.20. The van der Waals surface area contributed by atoms with Crippen LogP contribution in [0.2, 0.25) is 0 Å². The number of aliphatic hydroxyl groups is 1. The zero-order valence-corrected chi connectivity index (χ0v) is 11.4. The maximum atomic E-state index is 9.70. The van der Waals surface area contributed by atoms with E-state index in [1.165, 1.54) is 0 Å². The zero-order chi connectivity index (χ0) is 13.7. The minimum Gasteiger partial charge on any atom is -0.493 e. The van der Waals surface area contributed by atoms with Crippen molar-refractivity contribution >= 4 is 0 Å². The van der Waals surface area contributed by atoms with Crippen LogP contribution in [0.15, 0.2) is 36.5 Å². The van der Waals surface area contributed by atoms with Gasteiger partial charge in [0.25, 0.3) is 0 Å². The number of rotatable bonds is 6. The number of benzene rings is 1. The van der Waals surface area contributed by atoms with E-state index in [9.17, 15) is 5.11 Å². The van der Waals surface area contributed by atoms with Gasteiger partial charge in [0.15, 0.2) is 0 Å². The second kappa shape index (κ2) is 6.38. The van der Waals surface area contributed by atoms with E-state index in [4.69, 9.17) is 4.74 Å². The number of hydrogen-bond donors (Lipinski definition) is 1. The lowest BCUT2D eigenvalue weighted by Gasteiger charge is -2.10. The number of nitrogens with zero attached hydrogens (tertiary/aromatic N) is 2. The van der Waals surface area contributed by atoms with E-state index in [0.717, 1.165) is 29.8 Å². The van der Waals surface area contributed by atoms with Crippen LogP contribution in [0.5, 0.6) is 5.75 Å². The van der Waals surface area contributed by atoms with Gasteiger partial charge in [0, 0.05) is 25.4 Å². The molecule has 0 amide bonds. The molecule has 0 unspecified atom stereocenters. The van der Waals surface area contributed by atoms with E-state index < -0.39 is 0 Å². The summed E-state index contributed by atoms with van der Waals surface area (Å²) in [5, 5.41) is 13.8. The topological polar surface area (TPSA) is 47.3 Å². The van der Waals surface area contributed by atoms with E-state index in [-0.39, 0.29) is 6.10 Å². The molecule has 0 fully saturated rings. The standard InChI is InChI=1S/C15H20N2O2/c1-3-15(18)12-4-6-14(7-5-12)19-11-9-13-8-10-16-17(13)2/h4-8,10,15,18H,3,9,11H2,1-2H3/t15-/m1/s1. The van der Waals surface area contributed by atoms with Gasteiger partial charge in [-0.1, -0.05) is 19.1 Å². The SMILES string of the molecule is CC[C@@H](O)c1ccc(OCCc2ccnn2C)cc1. The van der Waals surface area contributed by atoms with Crippen molar-refractivity contribution < 1.29 is 9.84 Å². The van der Waals surface area contributed by atoms with Crippen LogP contribution < -0.4 is 4.74 Å². The third kappa shape index (κ3) is 3.58. The van der Waals surface area contributed by atoms with Crippen molar-refractivity contribution in [2.75, 3.05) is 6.61 Å². The van der Waals surface area contributed by atoms with E-state index in [1.807, 2.05) is 49.0 Å². The van der Waals surface area contributed by atoms with E-state index >= 15 is 0 Å². The second-order valence-electron chi connectivity index (χ2n) is 4.54. The lowest BCUT2D eigenvalue weighted by atomic mass is 10.1. The Morgan fingerprint density at radius 3 is 2.58 bits per heavy atom. The van der Waals surface area contributed by atoms with Crippen LogP contribution in [0.25, 0.3) is 0 Å². The Kier molecular flexibility index (Phi) is 4.58. The van der Waals surface area contributed by atoms with Crippen molar-refractivity contribution in [1.82, 2.24) is 9.78 Å². The molecule has 1 atom stereocenters. The molecule has 0 aliphatic carbocycles. The summed E-state index contributed by atoms with van der Waals surface area (Å²) >= 11 is 0. The molecular weight excluding hydrogens is 240 g/mol. The van der Waals surface area contributed by atoms with Crippen LogP contribution >= 0.6 is 0 Å². The summed E-state index contributed by atoms with van der Waals surface area (Å²) in [4.78, 5) is 0. The first-order chi connectivity index (χ1) is 9.20. The summed E-state index contributed by atoms with van der Waals surface area (Å²) in [6.07, 6.45) is 2.95. The average molecular weight is 260 g/mol. The van der Waals surface area contributed by atoms with Gasteiger partial charge in [-0.25, -0.2) is 0 Å². The second-order valence-corrected chi connectivity index (χ2v) is 4.54. The quantitative estimate of drug-likeness (QED) is 0.868. The molecule has 19 heavy (non-hydrogen) atoms. The number of aromatic nitrogens is 2. The van der Waals surface area contributed by atoms with Gasteiger partial charge >= 0.3 is 0 Å². The number of ether oxygens (including phenoxy) is 1. The zero-order valence-electron chi connectivity index (χ0n) is 11.4. The summed E-state index contributed by atoms with van der Waals surface area (Å²) in [5.74, 6) is 0.828. The summed E-state index contributed by atoms with van der Waals surface area (Å²) in [5.41, 5.74) is 2.08. The van der Waals surface area contributed by atoms with Crippen LogP contribution in [0.3, 0.4) is 0 Å². The molecule has 1 aromatic carbocycles. The van der Waals surface area contributed by atoms with Crippen molar-refractivity contribution in [3.8, 4) is 5.75 Å². The van der Waals surface area contributed by atoms with E-state index in [2.05, 4.69) is 5.10 Å². The molecule has 102 valence electrons. The molecule has 0 aliphatic rings. The largest absolute Gasteiger partial charge is 0.493 e. The fraction of sp³-hybridized carbons (Fsp3) is 0.400. The van der Waals surface area contributed by atoms with Crippen molar-refractivity contribution in [2.45, 2.75) is 25.9 Å². The van der Waals surface area contributed by atoms with Crippen LogP contribution in [-0.4, -0.2) is 21.5 Å². The van der Waals surface area contributed by atoms with Crippen LogP contribution in [0.1, 0.15) is 30.7 Å². The molecule has 4 nitrogen and oxygen atoms in total. The molecule has 1 aromatic heterocycles. The molecule has 0 radical (unpaired) electrons. The first-order valence-electron chi connectivity index (χ1n) is 6.58. The predicted octanol–water partition coefficient (Wildman–Crippen LogP) is 2.49. The van der Waals surface area contributed by atoms with Gasteiger partial charge in [0.1, 0.15) is 5.75 Å². The van der Waals surface area contributed by atoms with Gasteiger partial charge in [-0.2, -0.15) is 5.10 Å². The van der Waals surface area contributed by atoms with Crippen molar-refractivity contribution in [1.29, 1.82) is 0 Å². The summed E-state index contributed by atoms with van der Waals surface area (Å²) in [6.45, 7) is 2.58. The molecule has 0 saturated heterocycles. The highest BCUT2D eigenvalue weighted by Gasteiger charge is 2.04. The van der Waals surface area contributed by atoms with Crippen LogP contribution in [0.4, 0.5) is 0 Å². The molecule has 0 saturated carbocycles. The van der Waals surface area contributed by atoms with Gasteiger partial charge < -0.3 is 9.84 Å². The van der Waals surface area contributed by atoms with Gasteiger partial charge in [-0.3, -0.25) is 4.68 Å². The van der Waals surface area contributed by atoms with Gasteiger partial charge in [0.05, 0.1) is 12.7 Å². The molecule has 1 N–H and O–H groups in total. The number of hydrogen-bond acceptors (Lipinski definition) is 3. The monoisotopic (exact) mass is 260 g/mol. The van der Waals surface area contributed by atoms with Crippen LogP contribution in [0, 0.1) is 0 Å². The predicted molar refractivity (Wildman–Crippen MR) is 74.1 cm³/mol. The Morgan fingerprint density at radius 2 is 2.00 bits per heavy atom. The summed E-state index contributed by atoms with van der Waals surface area (Å²) in [7, 11) is 1.93. The highest BCUT2D eigenvalue weighted by Crippen LogP contribution is 2.19. The number of aryl methyl sites for hydroxylation is 1. The molecule has 0 bridgehead atoms. The fourth-order valence-corrected chi connectivity index (χ4v) is 1.94. The molecule has 0 aliphatic heterocycles. The van der Waals surface area contributed by atoms with E-state index in [1.54, 1.807) is 6.20 Å². The van der Waals surface area contributed by atoms with Crippen molar-refractivity contribution in [2.24, 2.45) is 7.05 Å². The first-order valence-corrected chi connectivity index (χ1v) is 6.58. The Hall–Kier alpha value is -1.81. The van der Waals surface area contributed by atoms with Crippen LogP contribution in [-0.2, 0) is 13.5 Å². The molecule has 4 heteroatoms. The maximum absolute atomic E-state index is 9.70. The maximum Gasteiger partial charge on any atom is 0.119 e. The summed E-state index contributed by atoms with van der Waals surface area (Å²) < 4.78 is 7.53. The third-order valence-electron chi connectivity index (χ3n) is 3.20. The van der Waals surface area contributed by atoms with E-state index in [0.29, 0.717) is 6.61 Å². The van der Waals surface area contributed by atoms with Crippen molar-refractivity contribution in [3.05, 3.63) is 47.8 Å². The minimum absolute atomic E-state index is 0.386. The Balaban J connectivity index is 1.85. The minimum atomic E-state index is -0.386. The van der Waals surface area contributed by atoms with Crippen molar-refractivity contribution in [3.63, 3.8) is 0 Å². The lowest BCUT2D eigenvalue weighted by molar-refractivity contribution is 0.173. The summed E-state index contributed by atoms with van der Waals surface area (Å²) in [6, 6.07) is 9.61. The molecular formula is C15H20N2O2. The first kappa shape index (κ1) is 13.6. The normalized spacial score (nSPS) is 12.4. The lowest BCUT2D eigenvalue weighted by Crippen LogP contribution is -2.06. The highest BCUT2D eigenvalue weighted by atomic mass is 16.5. The Labute approximate surface area is 113 Å². The average Bonchev–Trinajstić information content (AvgIpc) is 2.84. The van der Waals surface area contributed by atoms with Gasteiger partial charge in [0.2, 0.25) is 0 Å². The van der Waals surface area contributed by atoms with Gasteiger partial charge in [-0.05, 0) is 30.2 Å². The molecule has 2 aromatic rings. The van der Waals surface area contributed by atoms with Gasteiger partial charge in [-0.15, -0.1) is 0 Å². The fourth-order valence-electron chi connectivity index (χ4n) is 1.94. The molecule has 1 heterocycles. The molecule has 0 spiro atoms. The molecule has 2 rings (SSSR count). The Bertz CT molecular complexity index is 505. The smallest absolute Gasteiger partial charge is 0.119 e.